The van der Waals surface area contributed by atoms with E-state index in [1.807, 2.05) is 0 Å². The SMILES string of the molecule is C[C@H]1CCC[C@H](O)CCC[C@@H](O)Cc2cc(O)cc(O)c2C(=O)O1. The molecule has 6 nitrogen and oxygen atoms in total. The largest absolute Gasteiger partial charge is 0.508 e. The molecular formula is C18H26O6. The van der Waals surface area contributed by atoms with Gasteiger partial charge < -0.3 is 25.2 Å². The summed E-state index contributed by atoms with van der Waals surface area (Å²) >= 11 is 0. The molecule has 1 aliphatic heterocycles. The lowest BCUT2D eigenvalue weighted by molar-refractivity contribution is 0.0303. The summed E-state index contributed by atoms with van der Waals surface area (Å²) in [5.74, 6) is -1.19. The van der Waals surface area contributed by atoms with Crippen LogP contribution in [0.25, 0.3) is 0 Å². The fourth-order valence-corrected chi connectivity index (χ4v) is 3.10. The highest BCUT2D eigenvalue weighted by Gasteiger charge is 2.23. The van der Waals surface area contributed by atoms with E-state index in [9.17, 15) is 25.2 Å². The highest BCUT2D eigenvalue weighted by Crippen LogP contribution is 2.30. The number of ether oxygens (including phenoxy) is 1. The molecule has 1 aromatic rings. The summed E-state index contributed by atoms with van der Waals surface area (Å²) in [5.41, 5.74) is 0.352. The number of esters is 1. The highest BCUT2D eigenvalue weighted by molar-refractivity contribution is 5.94. The molecule has 4 N–H and O–H groups in total. The molecule has 0 fully saturated rings. The van der Waals surface area contributed by atoms with Crippen molar-refractivity contribution in [3.05, 3.63) is 23.3 Å². The third-order valence-corrected chi connectivity index (χ3v) is 4.37. The van der Waals surface area contributed by atoms with Crippen LogP contribution in [0.1, 0.15) is 61.4 Å². The minimum atomic E-state index is -0.731. The van der Waals surface area contributed by atoms with Crippen molar-refractivity contribution in [3.8, 4) is 11.5 Å². The molecule has 0 saturated heterocycles. The smallest absolute Gasteiger partial charge is 0.342 e. The molecule has 134 valence electrons. The summed E-state index contributed by atoms with van der Waals surface area (Å²) in [6, 6.07) is 2.46. The minimum Gasteiger partial charge on any atom is -0.508 e. The van der Waals surface area contributed by atoms with E-state index in [-0.39, 0.29) is 29.6 Å². The standard InChI is InChI=1S/C18H26O6/c1-11-4-2-5-13(19)6-3-7-14(20)8-12-9-15(21)10-16(22)17(12)18(23)24-11/h9-11,13-14,19-22H,2-8H2,1H3/t11-,13-,14+/m0/s1. The normalized spacial score (nSPS) is 27.0. The highest BCUT2D eigenvalue weighted by atomic mass is 16.5. The monoisotopic (exact) mass is 338 g/mol. The molecule has 0 saturated carbocycles. The quantitative estimate of drug-likeness (QED) is 0.541. The Labute approximate surface area is 141 Å². The molecule has 0 bridgehead atoms. The number of phenols is 2. The number of cyclic esters (lactones) is 1. The lowest BCUT2D eigenvalue weighted by Gasteiger charge is -2.20. The molecule has 3 atom stereocenters. The second kappa shape index (κ2) is 8.35. The van der Waals surface area contributed by atoms with E-state index < -0.39 is 18.2 Å². The average molecular weight is 338 g/mol. The molecule has 1 aliphatic rings. The van der Waals surface area contributed by atoms with Crippen molar-refractivity contribution in [2.75, 3.05) is 0 Å². The van der Waals surface area contributed by atoms with E-state index in [2.05, 4.69) is 0 Å². The van der Waals surface area contributed by atoms with Crippen LogP contribution in [0.4, 0.5) is 0 Å². The summed E-state index contributed by atoms with van der Waals surface area (Å²) in [7, 11) is 0. The van der Waals surface area contributed by atoms with Crippen molar-refractivity contribution in [1.82, 2.24) is 0 Å². The minimum absolute atomic E-state index is 0.00389. The number of benzene rings is 1. The Morgan fingerprint density at radius 2 is 1.62 bits per heavy atom. The number of fused-ring (bicyclic) bond motifs is 1. The fraction of sp³-hybridized carbons (Fsp3) is 0.611. The first kappa shape index (κ1) is 18.5. The van der Waals surface area contributed by atoms with Gasteiger partial charge in [0.25, 0.3) is 0 Å². The summed E-state index contributed by atoms with van der Waals surface area (Å²) in [6.07, 6.45) is 2.37. The van der Waals surface area contributed by atoms with Gasteiger partial charge in [-0.05, 0) is 63.5 Å². The van der Waals surface area contributed by atoms with Crippen molar-refractivity contribution in [1.29, 1.82) is 0 Å². The maximum Gasteiger partial charge on any atom is 0.342 e. The summed E-state index contributed by atoms with van der Waals surface area (Å²) < 4.78 is 5.37. The van der Waals surface area contributed by atoms with Gasteiger partial charge in [-0.15, -0.1) is 0 Å². The molecule has 6 heteroatoms. The van der Waals surface area contributed by atoms with Crippen LogP contribution < -0.4 is 0 Å². The van der Waals surface area contributed by atoms with Gasteiger partial charge >= 0.3 is 5.97 Å². The van der Waals surface area contributed by atoms with E-state index in [0.717, 1.165) is 12.5 Å². The number of aromatic hydroxyl groups is 2. The van der Waals surface area contributed by atoms with Crippen molar-refractivity contribution in [3.63, 3.8) is 0 Å². The zero-order valence-electron chi connectivity index (χ0n) is 13.9. The second-order valence-corrected chi connectivity index (χ2v) is 6.59. The molecule has 24 heavy (non-hydrogen) atoms. The van der Waals surface area contributed by atoms with E-state index in [1.54, 1.807) is 6.92 Å². The van der Waals surface area contributed by atoms with Gasteiger partial charge in [0.05, 0.1) is 18.3 Å². The topological polar surface area (TPSA) is 107 Å². The van der Waals surface area contributed by atoms with E-state index >= 15 is 0 Å². The van der Waals surface area contributed by atoms with Gasteiger partial charge in [0, 0.05) is 6.07 Å². The second-order valence-electron chi connectivity index (χ2n) is 6.59. The third-order valence-electron chi connectivity index (χ3n) is 4.37. The zero-order chi connectivity index (χ0) is 17.7. The molecule has 0 radical (unpaired) electrons. The Morgan fingerprint density at radius 3 is 2.33 bits per heavy atom. The van der Waals surface area contributed by atoms with Crippen LogP contribution in [0.5, 0.6) is 11.5 Å². The van der Waals surface area contributed by atoms with Crippen molar-refractivity contribution in [2.24, 2.45) is 0 Å². The Kier molecular flexibility index (Phi) is 6.45. The van der Waals surface area contributed by atoms with Gasteiger partial charge in [-0.1, -0.05) is 0 Å². The van der Waals surface area contributed by atoms with Crippen LogP contribution in [0, 0.1) is 0 Å². The van der Waals surface area contributed by atoms with Crippen molar-refractivity contribution in [2.45, 2.75) is 70.2 Å². The van der Waals surface area contributed by atoms with Crippen LogP contribution in [-0.4, -0.2) is 44.7 Å². The zero-order valence-corrected chi connectivity index (χ0v) is 13.9. The Hall–Kier alpha value is -1.79. The molecule has 0 amide bonds. The Bertz CT molecular complexity index is 571. The van der Waals surface area contributed by atoms with Gasteiger partial charge in [-0.3, -0.25) is 0 Å². The fourth-order valence-electron chi connectivity index (χ4n) is 3.10. The molecule has 1 aromatic carbocycles. The number of phenolic OH excluding ortho intramolecular Hbond substituents is 2. The van der Waals surface area contributed by atoms with Gasteiger partial charge in [-0.2, -0.15) is 0 Å². The van der Waals surface area contributed by atoms with Crippen molar-refractivity contribution < 1.29 is 30.0 Å². The third kappa shape index (κ3) is 5.11. The molecule has 0 aromatic heterocycles. The number of carbonyl (C=O) groups is 1. The Morgan fingerprint density at radius 1 is 1.00 bits per heavy atom. The van der Waals surface area contributed by atoms with Gasteiger partial charge in [-0.25, -0.2) is 4.79 Å². The predicted octanol–water partition coefficient (Wildman–Crippen LogP) is 2.26. The van der Waals surface area contributed by atoms with Crippen LogP contribution in [-0.2, 0) is 11.2 Å². The number of carbonyl (C=O) groups excluding carboxylic acids is 1. The number of rotatable bonds is 0. The number of hydrogen-bond donors (Lipinski definition) is 4. The molecule has 0 spiro atoms. The first-order valence-electron chi connectivity index (χ1n) is 8.48. The van der Waals surface area contributed by atoms with Crippen LogP contribution in [0.3, 0.4) is 0 Å². The predicted molar refractivity (Wildman–Crippen MR) is 88.1 cm³/mol. The van der Waals surface area contributed by atoms with E-state index in [0.29, 0.717) is 37.7 Å². The molecule has 0 unspecified atom stereocenters. The lowest BCUT2D eigenvalue weighted by atomic mass is 9.96. The number of aliphatic hydroxyl groups excluding tert-OH is 2. The average Bonchev–Trinajstić information content (AvgIpc) is 2.45. The lowest BCUT2D eigenvalue weighted by Crippen LogP contribution is -2.20. The maximum atomic E-state index is 12.4. The summed E-state index contributed by atoms with van der Waals surface area (Å²) in [6.45, 7) is 1.77. The van der Waals surface area contributed by atoms with Crippen molar-refractivity contribution >= 4 is 5.97 Å². The number of aliphatic hydroxyl groups is 2. The molecular weight excluding hydrogens is 312 g/mol. The van der Waals surface area contributed by atoms with Gasteiger partial charge in [0.2, 0.25) is 0 Å². The number of hydrogen-bond acceptors (Lipinski definition) is 6. The molecule has 1 heterocycles. The van der Waals surface area contributed by atoms with Gasteiger partial charge in [0.1, 0.15) is 17.1 Å². The van der Waals surface area contributed by atoms with Crippen LogP contribution >= 0.6 is 0 Å². The first-order chi connectivity index (χ1) is 11.4. The Balaban J connectivity index is 2.28. The first-order valence-corrected chi connectivity index (χ1v) is 8.48. The summed E-state index contributed by atoms with van der Waals surface area (Å²) in [5, 5.41) is 39.8. The van der Waals surface area contributed by atoms with E-state index in [1.165, 1.54) is 6.07 Å². The molecule has 2 rings (SSSR count). The summed E-state index contributed by atoms with van der Waals surface area (Å²) in [4.78, 5) is 12.4. The van der Waals surface area contributed by atoms with E-state index in [4.69, 9.17) is 4.74 Å². The van der Waals surface area contributed by atoms with Crippen LogP contribution in [0.15, 0.2) is 12.1 Å². The molecule has 0 aliphatic carbocycles. The van der Waals surface area contributed by atoms with Crippen LogP contribution in [0.2, 0.25) is 0 Å². The van der Waals surface area contributed by atoms with Gasteiger partial charge in [0.15, 0.2) is 0 Å². The maximum absolute atomic E-state index is 12.4.